The predicted octanol–water partition coefficient (Wildman–Crippen LogP) is 1.61. The van der Waals surface area contributed by atoms with Crippen LogP contribution >= 0.6 is 11.3 Å². The maximum Gasteiger partial charge on any atom is 0.270 e. The number of non-ortho nitro benzene ring substituents is 1. The number of thiazole rings is 1. The molecule has 0 aliphatic carbocycles. The van der Waals surface area contributed by atoms with E-state index in [1.807, 2.05) is 0 Å². The number of nitrogens with one attached hydrogen (secondary N) is 1. The van der Waals surface area contributed by atoms with Gasteiger partial charge in [0, 0.05) is 17.7 Å². The molecule has 0 bridgehead atoms. The Morgan fingerprint density at radius 1 is 1.52 bits per heavy atom. The largest absolute Gasteiger partial charge is 0.320 e. The number of nitrogens with zero attached hydrogens (tertiary/aromatic N) is 2. The van der Waals surface area contributed by atoms with Gasteiger partial charge in [0.15, 0.2) is 5.13 Å². The number of rotatable bonds is 3. The molecule has 106 valence electrons. The van der Waals surface area contributed by atoms with Crippen molar-refractivity contribution in [2.24, 2.45) is 5.73 Å². The third-order valence-electron chi connectivity index (χ3n) is 2.36. The lowest BCUT2D eigenvalue weighted by molar-refractivity contribution is -0.384. The number of carbonyl (C=O) groups excluding carboxylic acids is 1. The zero-order valence-electron chi connectivity index (χ0n) is 10.7. The predicted molar refractivity (Wildman–Crippen MR) is 79.1 cm³/mol. The minimum absolute atomic E-state index is 0.142. The van der Waals surface area contributed by atoms with E-state index in [0.29, 0.717) is 10.0 Å². The number of nitro benzene ring substituents is 1. The molecule has 7 nitrogen and oxygen atoms in total. The molecular weight excluding hydrogens is 292 g/mol. The summed E-state index contributed by atoms with van der Waals surface area (Å²) < 4.78 is 0. The number of nitrogens with two attached hydrogens (primary N) is 1. The first-order chi connectivity index (χ1) is 10.1. The van der Waals surface area contributed by atoms with Crippen LogP contribution in [0.3, 0.4) is 0 Å². The zero-order valence-corrected chi connectivity index (χ0v) is 11.5. The fraction of sp³-hybridized carbons (Fsp3) is 0.0769. The van der Waals surface area contributed by atoms with Gasteiger partial charge in [0.1, 0.15) is 0 Å². The quantitative estimate of drug-likeness (QED) is 0.508. The van der Waals surface area contributed by atoms with Crippen LogP contribution in [0.25, 0.3) is 0 Å². The molecule has 1 aromatic carbocycles. The summed E-state index contributed by atoms with van der Waals surface area (Å²) in [6.45, 7) is 0.243. The Hall–Kier alpha value is -2.76. The molecule has 3 N–H and O–H groups in total. The molecule has 0 atom stereocenters. The van der Waals surface area contributed by atoms with E-state index < -0.39 is 10.8 Å². The fourth-order valence-electron chi connectivity index (χ4n) is 1.46. The van der Waals surface area contributed by atoms with E-state index in [-0.39, 0.29) is 17.8 Å². The SMILES string of the molecule is NCC#Cc1cnc(NC(=O)c2cccc([N+](=O)[O-])c2)s1. The molecule has 0 spiro atoms. The molecule has 0 aliphatic rings. The molecule has 1 heterocycles. The van der Waals surface area contributed by atoms with E-state index in [1.165, 1.54) is 41.8 Å². The topological polar surface area (TPSA) is 111 Å². The molecule has 0 aliphatic heterocycles. The Kier molecular flexibility index (Phi) is 4.61. The molecule has 0 radical (unpaired) electrons. The van der Waals surface area contributed by atoms with Crippen LogP contribution in [-0.4, -0.2) is 22.4 Å². The van der Waals surface area contributed by atoms with Gasteiger partial charge < -0.3 is 5.73 Å². The zero-order chi connectivity index (χ0) is 15.2. The number of anilines is 1. The monoisotopic (exact) mass is 302 g/mol. The van der Waals surface area contributed by atoms with Gasteiger partial charge >= 0.3 is 0 Å². The number of hydrogen-bond donors (Lipinski definition) is 2. The van der Waals surface area contributed by atoms with Crippen molar-refractivity contribution in [3.63, 3.8) is 0 Å². The van der Waals surface area contributed by atoms with Crippen LogP contribution in [0.4, 0.5) is 10.8 Å². The van der Waals surface area contributed by atoms with E-state index in [2.05, 4.69) is 22.1 Å². The molecular formula is C13H10N4O3S. The highest BCUT2D eigenvalue weighted by atomic mass is 32.1. The van der Waals surface area contributed by atoms with E-state index in [1.54, 1.807) is 0 Å². The summed E-state index contributed by atoms with van der Waals surface area (Å²) in [7, 11) is 0. The minimum Gasteiger partial charge on any atom is -0.320 e. The van der Waals surface area contributed by atoms with Gasteiger partial charge in [-0.15, -0.1) is 0 Å². The van der Waals surface area contributed by atoms with Crippen LogP contribution in [0, 0.1) is 22.0 Å². The van der Waals surface area contributed by atoms with Crippen LogP contribution in [0.1, 0.15) is 15.2 Å². The summed E-state index contributed by atoms with van der Waals surface area (Å²) in [6, 6.07) is 5.47. The molecule has 2 rings (SSSR count). The Morgan fingerprint density at radius 2 is 2.33 bits per heavy atom. The van der Waals surface area contributed by atoms with E-state index in [4.69, 9.17) is 5.73 Å². The van der Waals surface area contributed by atoms with Gasteiger partial charge in [-0.05, 0) is 6.07 Å². The van der Waals surface area contributed by atoms with Crippen LogP contribution in [0.15, 0.2) is 30.5 Å². The fourth-order valence-corrected chi connectivity index (χ4v) is 2.14. The van der Waals surface area contributed by atoms with Crippen LogP contribution in [0.2, 0.25) is 0 Å². The Bertz CT molecular complexity index is 745. The number of carbonyl (C=O) groups is 1. The smallest absolute Gasteiger partial charge is 0.270 e. The second kappa shape index (κ2) is 6.60. The Morgan fingerprint density at radius 3 is 3.05 bits per heavy atom. The number of nitro groups is 1. The molecule has 1 amide bonds. The van der Waals surface area contributed by atoms with Gasteiger partial charge in [-0.25, -0.2) is 4.98 Å². The van der Waals surface area contributed by atoms with Crippen LogP contribution in [-0.2, 0) is 0 Å². The summed E-state index contributed by atoms with van der Waals surface area (Å²) in [6.07, 6.45) is 1.52. The van der Waals surface area contributed by atoms with Gasteiger partial charge in [-0.3, -0.25) is 20.2 Å². The highest BCUT2D eigenvalue weighted by Crippen LogP contribution is 2.19. The van der Waals surface area contributed by atoms with Crippen molar-refractivity contribution in [2.45, 2.75) is 0 Å². The second-order valence-corrected chi connectivity index (χ2v) is 4.83. The van der Waals surface area contributed by atoms with Gasteiger partial charge in [0.2, 0.25) is 0 Å². The number of benzene rings is 1. The van der Waals surface area contributed by atoms with Crippen molar-refractivity contribution in [2.75, 3.05) is 11.9 Å². The van der Waals surface area contributed by atoms with Gasteiger partial charge in [-0.2, -0.15) is 0 Å². The second-order valence-electron chi connectivity index (χ2n) is 3.80. The van der Waals surface area contributed by atoms with Crippen LogP contribution < -0.4 is 11.1 Å². The molecule has 0 fully saturated rings. The minimum atomic E-state index is -0.555. The average molecular weight is 302 g/mol. The maximum absolute atomic E-state index is 12.0. The molecule has 0 unspecified atom stereocenters. The summed E-state index contributed by atoms with van der Waals surface area (Å²) in [5, 5.41) is 13.6. The lowest BCUT2D eigenvalue weighted by atomic mass is 10.2. The van der Waals surface area contributed by atoms with E-state index in [0.717, 1.165) is 0 Å². The highest BCUT2D eigenvalue weighted by Gasteiger charge is 2.12. The van der Waals surface area contributed by atoms with Crippen LogP contribution in [0.5, 0.6) is 0 Å². The maximum atomic E-state index is 12.0. The normalized spacial score (nSPS) is 9.57. The Labute approximate surface area is 124 Å². The first kappa shape index (κ1) is 14.6. The van der Waals surface area contributed by atoms with Crippen molar-refractivity contribution < 1.29 is 9.72 Å². The molecule has 0 saturated carbocycles. The standard InChI is InChI=1S/C13H10N4O3S/c14-6-2-5-11-8-15-13(21-11)16-12(18)9-3-1-4-10(7-9)17(19)20/h1,3-4,7-8H,6,14H2,(H,15,16,18). The summed E-state index contributed by atoms with van der Waals surface area (Å²) in [5.74, 6) is 5.02. The van der Waals surface area contributed by atoms with Gasteiger partial charge in [-0.1, -0.05) is 29.2 Å². The number of amides is 1. The molecule has 21 heavy (non-hydrogen) atoms. The summed E-state index contributed by atoms with van der Waals surface area (Å²) in [4.78, 5) is 26.8. The highest BCUT2D eigenvalue weighted by molar-refractivity contribution is 7.16. The number of hydrogen-bond acceptors (Lipinski definition) is 6. The Balaban J connectivity index is 2.12. The lowest BCUT2D eigenvalue weighted by Gasteiger charge is -2.01. The first-order valence-corrected chi connectivity index (χ1v) is 6.62. The van der Waals surface area contributed by atoms with E-state index in [9.17, 15) is 14.9 Å². The molecule has 0 saturated heterocycles. The van der Waals surface area contributed by atoms with Crippen molar-refractivity contribution in [1.82, 2.24) is 4.98 Å². The van der Waals surface area contributed by atoms with Crippen molar-refractivity contribution in [3.8, 4) is 11.8 Å². The molecule has 8 heteroatoms. The third-order valence-corrected chi connectivity index (χ3v) is 3.19. The van der Waals surface area contributed by atoms with Crippen molar-refractivity contribution in [1.29, 1.82) is 0 Å². The average Bonchev–Trinajstić information content (AvgIpc) is 2.92. The third kappa shape index (κ3) is 3.85. The summed E-state index contributed by atoms with van der Waals surface area (Å²) >= 11 is 1.20. The van der Waals surface area contributed by atoms with Crippen molar-refractivity contribution in [3.05, 3.63) is 51.0 Å². The molecule has 1 aromatic heterocycles. The molecule has 2 aromatic rings. The summed E-state index contributed by atoms with van der Waals surface area (Å²) in [5.41, 5.74) is 5.31. The van der Waals surface area contributed by atoms with Crippen molar-refractivity contribution >= 4 is 28.1 Å². The lowest BCUT2D eigenvalue weighted by Crippen LogP contribution is -2.11. The van der Waals surface area contributed by atoms with Gasteiger partial charge in [0.25, 0.3) is 11.6 Å². The van der Waals surface area contributed by atoms with Gasteiger partial charge in [0.05, 0.1) is 22.5 Å². The first-order valence-electron chi connectivity index (χ1n) is 5.80. The number of aromatic nitrogens is 1. The van der Waals surface area contributed by atoms with E-state index >= 15 is 0 Å².